The van der Waals surface area contributed by atoms with E-state index in [0.29, 0.717) is 5.56 Å². The number of benzene rings is 4. The van der Waals surface area contributed by atoms with E-state index in [2.05, 4.69) is 0 Å². The highest BCUT2D eigenvalue weighted by atomic mass is 19.1. The molecule has 0 aliphatic heterocycles. The van der Waals surface area contributed by atoms with Crippen LogP contribution in [0.3, 0.4) is 0 Å². The van der Waals surface area contributed by atoms with Gasteiger partial charge in [0, 0.05) is 5.92 Å². The molecule has 0 aromatic heterocycles. The molecule has 5 heteroatoms. The van der Waals surface area contributed by atoms with Crippen molar-refractivity contribution in [1.29, 1.82) is 0 Å². The van der Waals surface area contributed by atoms with Crippen molar-refractivity contribution in [3.63, 3.8) is 0 Å². The Bertz CT molecular complexity index is 1250. The Morgan fingerprint density at radius 2 is 1.38 bits per heavy atom. The van der Waals surface area contributed by atoms with E-state index >= 15 is 0 Å². The fraction of sp³-hybridized carbons (Fsp3) is 0.138. The molecule has 0 spiro atoms. The van der Waals surface area contributed by atoms with Crippen LogP contribution in [0, 0.1) is 25.5 Å². The second kappa shape index (κ2) is 9.87. The van der Waals surface area contributed by atoms with E-state index in [0.717, 1.165) is 27.8 Å². The molecule has 172 valence electrons. The minimum atomic E-state index is -0.642. The van der Waals surface area contributed by atoms with E-state index in [-0.39, 0.29) is 29.6 Å². The lowest BCUT2D eigenvalue weighted by Crippen LogP contribution is -2.14. The summed E-state index contributed by atoms with van der Waals surface area (Å²) in [4.78, 5) is 13.0. The lowest BCUT2D eigenvalue weighted by Gasteiger charge is -2.25. The fourth-order valence-electron chi connectivity index (χ4n) is 4.31. The zero-order valence-corrected chi connectivity index (χ0v) is 18.9. The number of ether oxygens (including phenoxy) is 1. The average Bonchev–Trinajstić information content (AvgIpc) is 2.82. The molecular formula is C29H24F2O3. The van der Waals surface area contributed by atoms with Gasteiger partial charge in [0.05, 0.1) is 0 Å². The number of carbonyl (C=O) groups excluding carboxylic acids is 1. The van der Waals surface area contributed by atoms with Crippen molar-refractivity contribution in [3.8, 4) is 5.75 Å². The Labute approximate surface area is 197 Å². The molecule has 0 amide bonds. The van der Waals surface area contributed by atoms with Crippen molar-refractivity contribution in [3.05, 3.63) is 136 Å². The number of carbonyl (C=O) groups is 1. The molecule has 0 heterocycles. The Morgan fingerprint density at radius 3 is 1.91 bits per heavy atom. The maximum atomic E-state index is 13.7. The predicted molar refractivity (Wildman–Crippen MR) is 127 cm³/mol. The maximum absolute atomic E-state index is 13.7. The smallest absolute Gasteiger partial charge is 0.342 e. The summed E-state index contributed by atoms with van der Waals surface area (Å²) in [5.41, 5.74) is 4.51. The zero-order valence-electron chi connectivity index (χ0n) is 18.9. The van der Waals surface area contributed by atoms with Crippen LogP contribution < -0.4 is 0 Å². The van der Waals surface area contributed by atoms with Crippen LogP contribution >= 0.6 is 0 Å². The Morgan fingerprint density at radius 1 is 0.853 bits per heavy atom. The summed E-state index contributed by atoms with van der Waals surface area (Å²) in [5.74, 6) is -1.97. The number of phenols is 1. The summed E-state index contributed by atoms with van der Waals surface area (Å²) < 4.78 is 32.8. The third-order valence-electron chi connectivity index (χ3n) is 5.93. The molecule has 0 bridgehead atoms. The van der Waals surface area contributed by atoms with Crippen LogP contribution in [-0.4, -0.2) is 11.1 Å². The summed E-state index contributed by atoms with van der Waals surface area (Å²) in [5, 5.41) is 10.7. The largest absolute Gasteiger partial charge is 0.507 e. The number of aromatic hydroxyl groups is 1. The van der Waals surface area contributed by atoms with E-state index in [1.807, 2.05) is 37.3 Å². The molecule has 0 aliphatic rings. The van der Waals surface area contributed by atoms with Crippen LogP contribution in [0.25, 0.3) is 0 Å². The van der Waals surface area contributed by atoms with Crippen molar-refractivity contribution in [2.45, 2.75) is 26.4 Å². The highest BCUT2D eigenvalue weighted by molar-refractivity contribution is 5.95. The number of rotatable bonds is 6. The summed E-state index contributed by atoms with van der Waals surface area (Å²) >= 11 is 0. The molecule has 4 rings (SSSR count). The number of halogens is 2. The van der Waals surface area contributed by atoms with E-state index in [9.17, 15) is 18.7 Å². The Kier molecular flexibility index (Phi) is 6.73. The normalized spacial score (nSPS) is 11.0. The molecule has 0 saturated heterocycles. The molecule has 0 atom stereocenters. The van der Waals surface area contributed by atoms with Gasteiger partial charge >= 0.3 is 5.97 Å². The van der Waals surface area contributed by atoms with Gasteiger partial charge in [-0.1, -0.05) is 54.6 Å². The molecular weight excluding hydrogens is 434 g/mol. The van der Waals surface area contributed by atoms with Crippen molar-refractivity contribution in [2.75, 3.05) is 0 Å². The first-order valence-electron chi connectivity index (χ1n) is 10.9. The summed E-state index contributed by atoms with van der Waals surface area (Å²) in [7, 11) is 0. The molecule has 0 fully saturated rings. The minimum absolute atomic E-state index is 0.0706. The van der Waals surface area contributed by atoms with Gasteiger partial charge in [-0.25, -0.2) is 13.6 Å². The lowest BCUT2D eigenvalue weighted by atomic mass is 9.79. The molecule has 4 aromatic carbocycles. The van der Waals surface area contributed by atoms with Crippen molar-refractivity contribution < 1.29 is 23.4 Å². The third-order valence-corrected chi connectivity index (χ3v) is 5.93. The third kappa shape index (κ3) is 4.84. The molecule has 0 radical (unpaired) electrons. The van der Waals surface area contributed by atoms with E-state index in [1.54, 1.807) is 31.2 Å². The van der Waals surface area contributed by atoms with Gasteiger partial charge in [0.2, 0.25) is 0 Å². The van der Waals surface area contributed by atoms with Crippen LogP contribution in [0.1, 0.15) is 49.7 Å². The van der Waals surface area contributed by atoms with Crippen LogP contribution in [0.2, 0.25) is 0 Å². The van der Waals surface area contributed by atoms with Gasteiger partial charge in [-0.2, -0.15) is 0 Å². The maximum Gasteiger partial charge on any atom is 0.342 e. The standard InChI is InChI=1S/C29H24F2O3/c1-18-16-25(32)27(29(33)34-17-20-6-4-3-5-7-20)19(2)26(18)28(21-8-12-23(30)13-9-21)22-10-14-24(31)15-11-22/h3-16,28,32H,17H2,1-2H3. The molecule has 0 aliphatic carbocycles. The first-order valence-corrected chi connectivity index (χ1v) is 10.9. The molecule has 4 aromatic rings. The van der Waals surface area contributed by atoms with Crippen LogP contribution in [0.15, 0.2) is 84.9 Å². The first kappa shape index (κ1) is 23.2. The zero-order chi connectivity index (χ0) is 24.2. The summed E-state index contributed by atoms with van der Waals surface area (Å²) in [6.07, 6.45) is 0. The van der Waals surface area contributed by atoms with E-state index < -0.39 is 11.9 Å². The Balaban J connectivity index is 1.80. The number of hydrogen-bond acceptors (Lipinski definition) is 3. The predicted octanol–water partition coefficient (Wildman–Crippen LogP) is 6.82. The molecule has 0 saturated carbocycles. The van der Waals surface area contributed by atoms with E-state index in [4.69, 9.17) is 4.74 Å². The second-order valence-corrected chi connectivity index (χ2v) is 8.22. The van der Waals surface area contributed by atoms with Crippen LogP contribution in [0.4, 0.5) is 8.78 Å². The number of aryl methyl sites for hydroxylation is 1. The SMILES string of the molecule is Cc1cc(O)c(C(=O)OCc2ccccc2)c(C)c1C(c1ccc(F)cc1)c1ccc(F)cc1. The van der Waals surface area contributed by atoms with Crippen molar-refractivity contribution >= 4 is 5.97 Å². The lowest BCUT2D eigenvalue weighted by molar-refractivity contribution is 0.0468. The van der Waals surface area contributed by atoms with Gasteiger partial charge in [-0.15, -0.1) is 0 Å². The number of hydrogen-bond donors (Lipinski definition) is 1. The summed E-state index contributed by atoms with van der Waals surface area (Å²) in [6, 6.07) is 22.9. The summed E-state index contributed by atoms with van der Waals surface area (Å²) in [6.45, 7) is 3.66. The molecule has 3 nitrogen and oxygen atoms in total. The number of esters is 1. The van der Waals surface area contributed by atoms with Crippen LogP contribution in [-0.2, 0) is 11.3 Å². The fourth-order valence-corrected chi connectivity index (χ4v) is 4.31. The van der Waals surface area contributed by atoms with E-state index in [1.165, 1.54) is 30.3 Å². The number of phenolic OH excluding ortho intramolecular Hbond substituents is 1. The highest BCUT2D eigenvalue weighted by Crippen LogP contribution is 2.40. The molecule has 34 heavy (non-hydrogen) atoms. The van der Waals surface area contributed by atoms with Gasteiger partial charge in [0.15, 0.2) is 0 Å². The Hall–Kier alpha value is -3.99. The minimum Gasteiger partial charge on any atom is -0.507 e. The van der Waals surface area contributed by atoms with Gasteiger partial charge in [-0.3, -0.25) is 0 Å². The van der Waals surface area contributed by atoms with Gasteiger partial charge in [0.1, 0.15) is 29.6 Å². The van der Waals surface area contributed by atoms with Gasteiger partial charge in [0.25, 0.3) is 0 Å². The van der Waals surface area contributed by atoms with Gasteiger partial charge < -0.3 is 9.84 Å². The van der Waals surface area contributed by atoms with Crippen LogP contribution in [0.5, 0.6) is 5.75 Å². The van der Waals surface area contributed by atoms with Gasteiger partial charge in [-0.05, 0) is 77.6 Å². The monoisotopic (exact) mass is 458 g/mol. The topological polar surface area (TPSA) is 46.5 Å². The van der Waals surface area contributed by atoms with Crippen molar-refractivity contribution in [1.82, 2.24) is 0 Å². The van der Waals surface area contributed by atoms with Crippen molar-refractivity contribution in [2.24, 2.45) is 0 Å². The highest BCUT2D eigenvalue weighted by Gasteiger charge is 2.27. The molecule has 0 unspecified atom stereocenters. The first-order chi connectivity index (χ1) is 16.3. The molecule has 1 N–H and O–H groups in total. The second-order valence-electron chi connectivity index (χ2n) is 8.22. The quantitative estimate of drug-likeness (QED) is 0.255. The average molecular weight is 459 g/mol.